The first kappa shape index (κ1) is 23.6. The zero-order valence-corrected chi connectivity index (χ0v) is 18.4. The number of benzene rings is 1. The molecule has 11 heteroatoms. The van der Waals surface area contributed by atoms with Crippen molar-refractivity contribution in [2.75, 3.05) is 6.54 Å². The third-order valence-corrected chi connectivity index (χ3v) is 6.45. The van der Waals surface area contributed by atoms with Crippen LogP contribution in [0.15, 0.2) is 45.7 Å². The van der Waals surface area contributed by atoms with Crippen LogP contribution in [0.25, 0.3) is 0 Å². The fourth-order valence-electron chi connectivity index (χ4n) is 3.22. The highest BCUT2D eigenvalue weighted by atomic mass is 32.2. The van der Waals surface area contributed by atoms with Crippen molar-refractivity contribution in [3.05, 3.63) is 53.7 Å². The minimum Gasteiger partial charge on any atom is -0.466 e. The summed E-state index contributed by atoms with van der Waals surface area (Å²) in [6.45, 7) is 3.44. The Morgan fingerprint density at radius 1 is 1.12 bits per heavy atom. The minimum atomic E-state index is -4.15. The van der Waals surface area contributed by atoms with E-state index in [9.17, 15) is 27.2 Å². The van der Waals surface area contributed by atoms with Crippen molar-refractivity contribution in [1.82, 2.24) is 15.4 Å². The van der Waals surface area contributed by atoms with E-state index in [0.717, 1.165) is 24.3 Å². The summed E-state index contributed by atoms with van der Waals surface area (Å²) < 4.78 is 46.4. The van der Waals surface area contributed by atoms with Crippen LogP contribution in [0.3, 0.4) is 0 Å². The largest absolute Gasteiger partial charge is 0.466 e. The first-order chi connectivity index (χ1) is 15.1. The maximum atomic E-state index is 13.1. The van der Waals surface area contributed by atoms with E-state index in [1.165, 1.54) is 0 Å². The highest BCUT2D eigenvalue weighted by Crippen LogP contribution is 2.15. The van der Waals surface area contributed by atoms with E-state index in [-0.39, 0.29) is 17.9 Å². The lowest BCUT2D eigenvalue weighted by atomic mass is 10.0. The van der Waals surface area contributed by atoms with E-state index in [1.807, 2.05) is 0 Å². The van der Waals surface area contributed by atoms with Crippen LogP contribution in [0.2, 0.25) is 0 Å². The van der Waals surface area contributed by atoms with Gasteiger partial charge in [0, 0.05) is 19.4 Å². The second-order valence-corrected chi connectivity index (χ2v) is 9.51. The van der Waals surface area contributed by atoms with Crippen molar-refractivity contribution in [3.8, 4) is 0 Å². The van der Waals surface area contributed by atoms with Gasteiger partial charge in [0.05, 0.1) is 4.90 Å². The Kier molecular flexibility index (Phi) is 7.09. The quantitative estimate of drug-likeness (QED) is 0.538. The SMILES string of the molecule is CC(C)C(NS(=O)(=O)c1ccc(F)cc1)C(=O)NC1Cc2ccc(o2)CCNC(=O)C1=O. The Morgan fingerprint density at radius 3 is 2.44 bits per heavy atom. The molecule has 0 spiro atoms. The van der Waals surface area contributed by atoms with Crippen LogP contribution >= 0.6 is 0 Å². The summed E-state index contributed by atoms with van der Waals surface area (Å²) in [4.78, 5) is 37.5. The number of carbonyl (C=O) groups excluding carboxylic acids is 3. The molecule has 1 aliphatic rings. The van der Waals surface area contributed by atoms with Gasteiger partial charge in [-0.25, -0.2) is 12.8 Å². The number of nitrogens with one attached hydrogen (secondary N) is 3. The van der Waals surface area contributed by atoms with Gasteiger partial charge in [0.15, 0.2) is 0 Å². The smallest absolute Gasteiger partial charge is 0.289 e. The van der Waals surface area contributed by atoms with Crippen LogP contribution in [0.1, 0.15) is 25.4 Å². The van der Waals surface area contributed by atoms with Gasteiger partial charge in [0.2, 0.25) is 21.7 Å². The van der Waals surface area contributed by atoms with E-state index in [0.29, 0.717) is 17.9 Å². The fraction of sp³-hybridized carbons (Fsp3) is 0.381. The van der Waals surface area contributed by atoms with Gasteiger partial charge in [-0.05, 0) is 42.3 Å². The molecule has 172 valence electrons. The zero-order valence-electron chi connectivity index (χ0n) is 17.6. The monoisotopic (exact) mass is 465 g/mol. The molecule has 3 N–H and O–H groups in total. The van der Waals surface area contributed by atoms with E-state index in [4.69, 9.17) is 4.42 Å². The topological polar surface area (TPSA) is 135 Å². The molecular formula is C21H24FN3O6S. The van der Waals surface area contributed by atoms with E-state index < -0.39 is 51.4 Å². The number of hydrogen-bond donors (Lipinski definition) is 3. The highest BCUT2D eigenvalue weighted by molar-refractivity contribution is 7.89. The molecule has 1 aromatic carbocycles. The lowest BCUT2D eigenvalue weighted by Crippen LogP contribution is -2.56. The second kappa shape index (κ2) is 9.61. The maximum Gasteiger partial charge on any atom is 0.289 e. The minimum absolute atomic E-state index is 0.0620. The molecule has 1 aromatic heterocycles. The third kappa shape index (κ3) is 5.60. The Bertz CT molecular complexity index is 1110. The summed E-state index contributed by atoms with van der Waals surface area (Å²) in [7, 11) is -4.15. The van der Waals surface area contributed by atoms with Gasteiger partial charge < -0.3 is 15.1 Å². The van der Waals surface area contributed by atoms with Gasteiger partial charge in [-0.15, -0.1) is 0 Å². The normalized spacial score (nSPS) is 18.2. The van der Waals surface area contributed by atoms with E-state index in [1.54, 1.807) is 26.0 Å². The number of rotatable bonds is 6. The summed E-state index contributed by atoms with van der Waals surface area (Å²) in [6.07, 6.45) is 0.365. The molecule has 3 rings (SSSR count). The number of fused-ring (bicyclic) bond motifs is 2. The summed E-state index contributed by atoms with van der Waals surface area (Å²) in [5.41, 5.74) is 0. The summed E-state index contributed by atoms with van der Waals surface area (Å²) in [6, 6.07) is 5.05. The molecule has 2 bridgehead atoms. The van der Waals surface area contributed by atoms with Crippen molar-refractivity contribution in [2.24, 2.45) is 5.92 Å². The van der Waals surface area contributed by atoms with Crippen molar-refractivity contribution < 1.29 is 31.6 Å². The molecule has 1 aliphatic heterocycles. The number of ketones is 1. The van der Waals surface area contributed by atoms with Crippen LogP contribution in [0, 0.1) is 11.7 Å². The van der Waals surface area contributed by atoms with Crippen molar-refractivity contribution in [2.45, 2.75) is 43.7 Å². The summed E-state index contributed by atoms with van der Waals surface area (Å²) in [5.74, 6) is -2.53. The Labute approximate surface area is 184 Å². The Morgan fingerprint density at radius 2 is 1.78 bits per heavy atom. The maximum absolute atomic E-state index is 13.1. The highest BCUT2D eigenvalue weighted by Gasteiger charge is 2.34. The molecule has 2 unspecified atom stereocenters. The first-order valence-corrected chi connectivity index (χ1v) is 11.5. The Balaban J connectivity index is 1.81. The molecule has 0 aliphatic carbocycles. The van der Waals surface area contributed by atoms with Crippen molar-refractivity contribution >= 4 is 27.6 Å². The molecule has 0 saturated heterocycles. The molecule has 0 saturated carbocycles. The van der Waals surface area contributed by atoms with Gasteiger partial charge in [-0.1, -0.05) is 13.8 Å². The number of hydrogen-bond acceptors (Lipinski definition) is 6. The fourth-order valence-corrected chi connectivity index (χ4v) is 4.57. The number of amides is 2. The number of carbonyl (C=O) groups is 3. The lowest BCUT2D eigenvalue weighted by Gasteiger charge is -2.24. The van der Waals surface area contributed by atoms with E-state index >= 15 is 0 Å². The number of furan rings is 1. The van der Waals surface area contributed by atoms with Crippen LogP contribution in [0.5, 0.6) is 0 Å². The van der Waals surface area contributed by atoms with Crippen LogP contribution in [0.4, 0.5) is 4.39 Å². The first-order valence-electron chi connectivity index (χ1n) is 10.0. The van der Waals surface area contributed by atoms with Crippen molar-refractivity contribution in [3.63, 3.8) is 0 Å². The molecule has 0 fully saturated rings. The van der Waals surface area contributed by atoms with Crippen molar-refractivity contribution in [1.29, 1.82) is 0 Å². The van der Waals surface area contributed by atoms with Gasteiger partial charge in [0.1, 0.15) is 29.4 Å². The standard InChI is InChI=1S/C21H24FN3O6S/c1-12(2)18(25-32(29,30)16-7-3-13(22)4-8-16)20(27)24-17-11-15-6-5-14(31-15)9-10-23-21(28)19(17)26/h3-8,12,17-18,25H,9-11H2,1-2H3,(H,23,28)(H,24,27). The third-order valence-electron chi connectivity index (χ3n) is 4.99. The second-order valence-electron chi connectivity index (χ2n) is 7.80. The van der Waals surface area contributed by atoms with Gasteiger partial charge in [-0.3, -0.25) is 14.4 Å². The molecule has 32 heavy (non-hydrogen) atoms. The van der Waals surface area contributed by atoms with Crippen LogP contribution < -0.4 is 15.4 Å². The van der Waals surface area contributed by atoms with E-state index in [2.05, 4.69) is 15.4 Å². The molecule has 0 radical (unpaired) electrons. The summed E-state index contributed by atoms with van der Waals surface area (Å²) in [5, 5.41) is 4.96. The molecule has 2 heterocycles. The van der Waals surface area contributed by atoms with Gasteiger partial charge in [-0.2, -0.15) is 4.72 Å². The molecule has 2 amide bonds. The Hall–Kier alpha value is -3.05. The predicted molar refractivity (Wildman–Crippen MR) is 111 cm³/mol. The molecular weight excluding hydrogens is 441 g/mol. The van der Waals surface area contributed by atoms with Crippen LogP contribution in [-0.4, -0.2) is 44.6 Å². The number of sulfonamides is 1. The van der Waals surface area contributed by atoms with Crippen LogP contribution in [-0.2, 0) is 37.2 Å². The average molecular weight is 466 g/mol. The lowest BCUT2D eigenvalue weighted by molar-refractivity contribution is -0.140. The summed E-state index contributed by atoms with van der Waals surface area (Å²) >= 11 is 0. The van der Waals surface area contributed by atoms with Gasteiger partial charge >= 0.3 is 0 Å². The number of halogens is 1. The predicted octanol–water partition coefficient (Wildman–Crippen LogP) is 0.690. The molecule has 2 aromatic rings. The average Bonchev–Trinajstić information content (AvgIpc) is 3.17. The number of Topliss-reactive ketones (excluding diaryl/α,β-unsaturated/α-hetero) is 1. The zero-order chi connectivity index (χ0) is 23.5. The molecule has 9 nitrogen and oxygen atoms in total. The molecule has 2 atom stereocenters. The van der Waals surface area contributed by atoms with Gasteiger partial charge in [0.25, 0.3) is 5.91 Å².